The van der Waals surface area contributed by atoms with Gasteiger partial charge in [-0.3, -0.25) is 4.79 Å². The van der Waals surface area contributed by atoms with E-state index in [1.165, 1.54) is 38.5 Å². The van der Waals surface area contributed by atoms with Crippen LogP contribution in [-0.2, 0) is 4.79 Å². The molecule has 4 aliphatic rings. The molecule has 1 saturated heterocycles. The van der Waals surface area contributed by atoms with E-state index in [0.29, 0.717) is 41.2 Å². The minimum Gasteiger partial charge on any atom is -0.396 e. The largest absolute Gasteiger partial charge is 0.396 e. The van der Waals surface area contributed by atoms with Crippen molar-refractivity contribution in [2.75, 3.05) is 13.7 Å². The Morgan fingerprint density at radius 1 is 1.08 bits per heavy atom. The fraction of sp³-hybridized carbons (Fsp3) is 0.955. The predicted octanol–water partition coefficient (Wildman–Crippen LogP) is 4.09. The first-order valence-electron chi connectivity index (χ1n) is 10.7. The van der Waals surface area contributed by atoms with Gasteiger partial charge in [-0.05, 0) is 85.4 Å². The first-order valence-corrected chi connectivity index (χ1v) is 10.7. The number of likely N-dealkylation sites (tertiary alicyclic amines) is 1. The third-order valence-electron chi connectivity index (χ3n) is 9.61. The lowest BCUT2D eigenvalue weighted by Crippen LogP contribution is -2.61. The number of rotatable bonds is 2. The summed E-state index contributed by atoms with van der Waals surface area (Å²) in [7, 11) is 2.05. The molecule has 3 heteroatoms. The molecule has 7 unspecified atom stereocenters. The van der Waals surface area contributed by atoms with Crippen LogP contribution in [0.15, 0.2) is 0 Å². The average Bonchev–Trinajstić information content (AvgIpc) is 2.95. The van der Waals surface area contributed by atoms with Gasteiger partial charge >= 0.3 is 0 Å². The second-order valence-electron chi connectivity index (χ2n) is 10.4. The molecule has 142 valence electrons. The molecular formula is C22H37NO2. The number of aliphatic hydroxyl groups is 1. The number of carbonyl (C=O) groups excluding carboxylic acids is 1. The quantitative estimate of drug-likeness (QED) is 0.817. The highest BCUT2D eigenvalue weighted by atomic mass is 16.3. The van der Waals surface area contributed by atoms with E-state index in [0.717, 1.165) is 30.6 Å². The topological polar surface area (TPSA) is 40.5 Å². The SMILES string of the molecule is CC(CO)C1CCC2C3CC[C@H]4N(C)C(=O)CCC4(C)C3CCC12C. The number of nitrogens with zero attached hydrogens (tertiary/aromatic N) is 1. The number of amides is 1. The fourth-order valence-corrected chi connectivity index (χ4v) is 8.25. The molecule has 0 spiro atoms. The van der Waals surface area contributed by atoms with Crippen LogP contribution in [0.1, 0.15) is 72.1 Å². The molecule has 8 atom stereocenters. The van der Waals surface area contributed by atoms with Crippen LogP contribution in [0.25, 0.3) is 0 Å². The van der Waals surface area contributed by atoms with Gasteiger partial charge in [-0.2, -0.15) is 0 Å². The molecule has 1 N–H and O–H groups in total. The van der Waals surface area contributed by atoms with Crippen LogP contribution in [-0.4, -0.2) is 35.6 Å². The van der Waals surface area contributed by atoms with Crippen molar-refractivity contribution < 1.29 is 9.90 Å². The molecular weight excluding hydrogens is 310 g/mol. The third kappa shape index (κ3) is 2.37. The van der Waals surface area contributed by atoms with E-state index in [9.17, 15) is 9.90 Å². The van der Waals surface area contributed by atoms with E-state index in [4.69, 9.17) is 0 Å². The molecule has 0 radical (unpaired) electrons. The first kappa shape index (κ1) is 17.8. The Kier molecular flexibility index (Phi) is 4.26. The maximum absolute atomic E-state index is 12.2. The highest BCUT2D eigenvalue weighted by Gasteiger charge is 2.61. The van der Waals surface area contributed by atoms with E-state index in [1.807, 2.05) is 7.05 Å². The van der Waals surface area contributed by atoms with Gasteiger partial charge in [0.25, 0.3) is 0 Å². The van der Waals surface area contributed by atoms with Crippen molar-refractivity contribution >= 4 is 5.91 Å². The molecule has 0 aromatic carbocycles. The van der Waals surface area contributed by atoms with Crippen molar-refractivity contribution in [3.63, 3.8) is 0 Å². The Hall–Kier alpha value is -0.570. The van der Waals surface area contributed by atoms with E-state index in [-0.39, 0.29) is 0 Å². The van der Waals surface area contributed by atoms with Crippen molar-refractivity contribution in [2.24, 2.45) is 40.4 Å². The second kappa shape index (κ2) is 5.97. The number of hydrogen-bond donors (Lipinski definition) is 1. The molecule has 3 aliphatic carbocycles. The van der Waals surface area contributed by atoms with Gasteiger partial charge in [0, 0.05) is 26.1 Å². The third-order valence-corrected chi connectivity index (χ3v) is 9.61. The fourth-order valence-electron chi connectivity index (χ4n) is 8.25. The lowest BCUT2D eigenvalue weighted by molar-refractivity contribution is -0.159. The van der Waals surface area contributed by atoms with E-state index >= 15 is 0 Å². The molecule has 25 heavy (non-hydrogen) atoms. The summed E-state index contributed by atoms with van der Waals surface area (Å²) in [5, 5.41) is 9.74. The molecule has 0 aromatic rings. The van der Waals surface area contributed by atoms with Gasteiger partial charge in [0.15, 0.2) is 0 Å². The van der Waals surface area contributed by atoms with Crippen molar-refractivity contribution in [3.8, 4) is 0 Å². The van der Waals surface area contributed by atoms with Crippen molar-refractivity contribution in [1.29, 1.82) is 0 Å². The summed E-state index contributed by atoms with van der Waals surface area (Å²) < 4.78 is 0. The zero-order chi connectivity index (χ0) is 18.0. The molecule has 3 saturated carbocycles. The number of hydrogen-bond acceptors (Lipinski definition) is 2. The summed E-state index contributed by atoms with van der Waals surface area (Å²) >= 11 is 0. The van der Waals surface area contributed by atoms with Crippen LogP contribution < -0.4 is 0 Å². The number of carbonyl (C=O) groups is 1. The molecule has 4 rings (SSSR count). The number of piperidine rings is 1. The van der Waals surface area contributed by atoms with Crippen LogP contribution in [0.2, 0.25) is 0 Å². The van der Waals surface area contributed by atoms with Gasteiger partial charge in [0.2, 0.25) is 5.91 Å². The minimum absolute atomic E-state index is 0.327. The second-order valence-corrected chi connectivity index (χ2v) is 10.4. The predicted molar refractivity (Wildman–Crippen MR) is 99.9 cm³/mol. The summed E-state index contributed by atoms with van der Waals surface area (Å²) in [5.41, 5.74) is 0.760. The molecule has 3 nitrogen and oxygen atoms in total. The Balaban J connectivity index is 1.61. The lowest BCUT2D eigenvalue weighted by atomic mass is 9.46. The van der Waals surface area contributed by atoms with Gasteiger partial charge < -0.3 is 10.0 Å². The molecule has 4 fully saturated rings. The lowest BCUT2D eigenvalue weighted by Gasteiger charge is -2.62. The monoisotopic (exact) mass is 347 g/mol. The van der Waals surface area contributed by atoms with Crippen LogP contribution in [0, 0.1) is 40.4 Å². The minimum atomic E-state index is 0.327. The highest BCUT2D eigenvalue weighted by molar-refractivity contribution is 5.77. The Bertz CT molecular complexity index is 548. The maximum atomic E-state index is 12.2. The summed E-state index contributed by atoms with van der Waals surface area (Å²) in [6.45, 7) is 7.64. The van der Waals surface area contributed by atoms with Gasteiger partial charge in [0.1, 0.15) is 0 Å². The smallest absolute Gasteiger partial charge is 0.222 e. The van der Waals surface area contributed by atoms with Crippen molar-refractivity contribution in [1.82, 2.24) is 4.90 Å². The summed E-state index contributed by atoms with van der Waals surface area (Å²) in [4.78, 5) is 14.3. The zero-order valence-corrected chi connectivity index (χ0v) is 16.6. The molecule has 0 bridgehead atoms. The number of fused-ring (bicyclic) bond motifs is 5. The number of aliphatic hydroxyl groups excluding tert-OH is 1. The van der Waals surface area contributed by atoms with Crippen LogP contribution in [0.4, 0.5) is 0 Å². The standard InChI is InChI=1S/C22H37NO2/c1-14(13-24)16-6-7-17-15-5-8-19-22(3,12-10-20(25)23(19)4)18(15)9-11-21(16,17)2/h14-19,24H,5-13H2,1-4H3/t14?,15?,16?,17?,18?,19-,21?,22?/m1/s1. The van der Waals surface area contributed by atoms with E-state index in [1.54, 1.807) is 0 Å². The van der Waals surface area contributed by atoms with Gasteiger partial charge in [-0.15, -0.1) is 0 Å². The Labute approximate surface area is 153 Å². The summed E-state index contributed by atoms with van der Waals surface area (Å²) in [6.07, 6.45) is 9.69. The summed E-state index contributed by atoms with van der Waals surface area (Å²) in [6, 6.07) is 0.466. The van der Waals surface area contributed by atoms with E-state index in [2.05, 4.69) is 25.7 Å². The molecule has 1 amide bonds. The molecule has 1 heterocycles. The van der Waals surface area contributed by atoms with E-state index < -0.39 is 0 Å². The molecule has 0 aromatic heterocycles. The van der Waals surface area contributed by atoms with Crippen molar-refractivity contribution in [3.05, 3.63) is 0 Å². The van der Waals surface area contributed by atoms with Gasteiger partial charge in [-0.25, -0.2) is 0 Å². The van der Waals surface area contributed by atoms with Crippen LogP contribution in [0.3, 0.4) is 0 Å². The maximum Gasteiger partial charge on any atom is 0.222 e. The Morgan fingerprint density at radius 3 is 2.52 bits per heavy atom. The highest BCUT2D eigenvalue weighted by Crippen LogP contribution is 2.67. The first-order chi connectivity index (χ1) is 11.8. The molecule has 1 aliphatic heterocycles. The summed E-state index contributed by atoms with van der Waals surface area (Å²) in [5.74, 6) is 3.98. The zero-order valence-electron chi connectivity index (χ0n) is 16.6. The average molecular weight is 348 g/mol. The normalized spacial score (nSPS) is 50.8. The Morgan fingerprint density at radius 2 is 1.80 bits per heavy atom. The van der Waals surface area contributed by atoms with Crippen LogP contribution >= 0.6 is 0 Å². The van der Waals surface area contributed by atoms with Gasteiger partial charge in [-0.1, -0.05) is 20.8 Å². The van der Waals surface area contributed by atoms with Crippen molar-refractivity contribution in [2.45, 2.75) is 78.2 Å². The van der Waals surface area contributed by atoms with Gasteiger partial charge in [0.05, 0.1) is 0 Å². The van der Waals surface area contributed by atoms with Crippen LogP contribution in [0.5, 0.6) is 0 Å².